The predicted octanol–water partition coefficient (Wildman–Crippen LogP) is 3.97. The highest BCUT2D eigenvalue weighted by Gasteiger charge is 2.32. The van der Waals surface area contributed by atoms with E-state index in [1.54, 1.807) is 18.0 Å². The van der Waals surface area contributed by atoms with E-state index >= 15 is 0 Å². The fraction of sp³-hybridized carbons (Fsp3) is 0.278. The van der Waals surface area contributed by atoms with Gasteiger partial charge in [-0.3, -0.25) is 4.99 Å². The second-order valence-electron chi connectivity index (χ2n) is 5.56. The molecule has 22 heavy (non-hydrogen) atoms. The van der Waals surface area contributed by atoms with E-state index in [1.807, 2.05) is 6.08 Å². The number of dihydropyridines is 1. The van der Waals surface area contributed by atoms with Gasteiger partial charge in [-0.05, 0) is 48.9 Å². The zero-order valence-electron chi connectivity index (χ0n) is 12.5. The number of nitrogens with zero attached hydrogens (tertiary/aromatic N) is 1. The number of hydrogen-bond acceptors (Lipinski definition) is 4. The number of piperidine rings is 1. The summed E-state index contributed by atoms with van der Waals surface area (Å²) in [5.41, 5.74) is 4.60. The van der Waals surface area contributed by atoms with Crippen LogP contribution in [0.15, 0.2) is 69.6 Å². The zero-order chi connectivity index (χ0) is 14.9. The molecule has 1 fully saturated rings. The first-order valence-corrected chi connectivity index (χ1v) is 8.82. The van der Waals surface area contributed by atoms with Crippen molar-refractivity contribution in [1.29, 1.82) is 0 Å². The molecule has 112 valence electrons. The molecule has 0 amide bonds. The second kappa shape index (κ2) is 5.69. The lowest BCUT2D eigenvalue weighted by atomic mass is 9.90. The number of rotatable bonds is 2. The van der Waals surface area contributed by atoms with Crippen LogP contribution in [0, 0.1) is 0 Å². The highest BCUT2D eigenvalue weighted by Crippen LogP contribution is 2.40. The molecule has 1 unspecified atom stereocenters. The zero-order valence-corrected chi connectivity index (χ0v) is 13.3. The van der Waals surface area contributed by atoms with Gasteiger partial charge in [-0.1, -0.05) is 12.1 Å². The van der Waals surface area contributed by atoms with Crippen LogP contribution < -0.4 is 5.32 Å². The summed E-state index contributed by atoms with van der Waals surface area (Å²) in [4.78, 5) is 6.31. The van der Waals surface area contributed by atoms with E-state index in [9.17, 15) is 0 Å². The van der Waals surface area contributed by atoms with Crippen LogP contribution >= 0.6 is 11.8 Å². The Morgan fingerprint density at radius 2 is 2.32 bits per heavy atom. The van der Waals surface area contributed by atoms with Gasteiger partial charge >= 0.3 is 0 Å². The van der Waals surface area contributed by atoms with Gasteiger partial charge in [0.15, 0.2) is 5.76 Å². The summed E-state index contributed by atoms with van der Waals surface area (Å²) in [6.07, 6.45) is 10.1. The lowest BCUT2D eigenvalue weighted by Crippen LogP contribution is -2.33. The molecular formula is C18H18N2OS. The van der Waals surface area contributed by atoms with Crippen LogP contribution in [-0.2, 0) is 4.74 Å². The molecule has 3 aliphatic rings. The van der Waals surface area contributed by atoms with Gasteiger partial charge in [0.1, 0.15) is 6.04 Å². The van der Waals surface area contributed by atoms with E-state index in [0.29, 0.717) is 0 Å². The van der Waals surface area contributed by atoms with Crippen molar-refractivity contribution in [2.75, 3.05) is 12.8 Å². The van der Waals surface area contributed by atoms with Crippen LogP contribution in [0.1, 0.15) is 24.4 Å². The summed E-state index contributed by atoms with van der Waals surface area (Å²) in [5, 5.41) is 3.46. The highest BCUT2D eigenvalue weighted by atomic mass is 32.2. The third kappa shape index (κ3) is 2.28. The molecule has 1 atom stereocenters. The van der Waals surface area contributed by atoms with E-state index in [-0.39, 0.29) is 6.04 Å². The smallest absolute Gasteiger partial charge is 0.157 e. The molecule has 0 spiro atoms. The molecule has 1 N–H and O–H groups in total. The normalized spacial score (nSPS) is 22.9. The maximum Gasteiger partial charge on any atom is 0.157 e. The summed E-state index contributed by atoms with van der Waals surface area (Å²) < 4.78 is 5.84. The van der Waals surface area contributed by atoms with E-state index in [4.69, 9.17) is 9.73 Å². The Morgan fingerprint density at radius 1 is 1.36 bits per heavy atom. The molecule has 1 aromatic carbocycles. The van der Waals surface area contributed by atoms with Crippen molar-refractivity contribution in [1.82, 2.24) is 5.32 Å². The maximum atomic E-state index is 5.84. The van der Waals surface area contributed by atoms with Crippen LogP contribution in [0.4, 0.5) is 0 Å². The van der Waals surface area contributed by atoms with Crippen molar-refractivity contribution in [2.45, 2.75) is 23.8 Å². The van der Waals surface area contributed by atoms with Crippen LogP contribution in [-0.4, -0.2) is 18.5 Å². The van der Waals surface area contributed by atoms with E-state index in [0.717, 1.165) is 42.1 Å². The monoisotopic (exact) mass is 310 g/mol. The van der Waals surface area contributed by atoms with Gasteiger partial charge in [-0.15, -0.1) is 11.8 Å². The molecule has 4 rings (SSSR count). The summed E-state index contributed by atoms with van der Waals surface area (Å²) >= 11 is 1.76. The first-order valence-electron chi connectivity index (χ1n) is 7.60. The molecule has 0 aromatic heterocycles. The standard InChI is InChI=1S/C18H18N2OS/c1-22-13-6-2-5-12(11-13)16-14-7-4-10-21-18(14)17-15(20-16)8-3-9-19-17/h2,4-7,10-11,16,19H,3,8-9H2,1H3. The SMILES string of the molecule is CSc1cccc(C2N=C3CCCNC3=C3OC=CC=C32)c1. The van der Waals surface area contributed by atoms with Gasteiger partial charge in [0.2, 0.25) is 0 Å². The Morgan fingerprint density at radius 3 is 3.23 bits per heavy atom. The van der Waals surface area contributed by atoms with Crippen molar-refractivity contribution in [3.8, 4) is 0 Å². The lowest BCUT2D eigenvalue weighted by molar-refractivity contribution is 0.340. The van der Waals surface area contributed by atoms with E-state index in [2.05, 4.69) is 41.9 Å². The molecule has 1 saturated heterocycles. The van der Waals surface area contributed by atoms with Crippen LogP contribution in [0.2, 0.25) is 0 Å². The Labute approximate surface area is 134 Å². The average Bonchev–Trinajstić information content (AvgIpc) is 2.61. The lowest BCUT2D eigenvalue weighted by Gasteiger charge is -2.32. The third-order valence-electron chi connectivity index (χ3n) is 4.20. The van der Waals surface area contributed by atoms with Crippen LogP contribution in [0.25, 0.3) is 0 Å². The number of allylic oxidation sites excluding steroid dienone is 3. The minimum absolute atomic E-state index is 0.0331. The van der Waals surface area contributed by atoms with Crippen molar-refractivity contribution < 1.29 is 4.74 Å². The number of thioether (sulfide) groups is 1. The summed E-state index contributed by atoms with van der Waals surface area (Å²) in [6.45, 7) is 0.991. The van der Waals surface area contributed by atoms with Gasteiger partial charge in [-0.25, -0.2) is 0 Å². The van der Waals surface area contributed by atoms with E-state index in [1.165, 1.54) is 10.5 Å². The molecule has 0 radical (unpaired) electrons. The molecule has 4 heteroatoms. The second-order valence-corrected chi connectivity index (χ2v) is 6.44. The summed E-state index contributed by atoms with van der Waals surface area (Å²) in [6, 6.07) is 8.68. The van der Waals surface area contributed by atoms with Crippen molar-refractivity contribution >= 4 is 17.5 Å². The summed E-state index contributed by atoms with van der Waals surface area (Å²) in [5.74, 6) is 0.951. The van der Waals surface area contributed by atoms with Crippen molar-refractivity contribution in [3.63, 3.8) is 0 Å². The molecule has 1 aromatic rings. The molecule has 3 heterocycles. The number of hydrogen-bond donors (Lipinski definition) is 1. The number of nitrogens with one attached hydrogen (secondary N) is 1. The minimum atomic E-state index is 0.0331. The maximum absolute atomic E-state index is 5.84. The summed E-state index contributed by atoms with van der Waals surface area (Å²) in [7, 11) is 0. The van der Waals surface area contributed by atoms with Gasteiger partial charge < -0.3 is 10.1 Å². The first kappa shape index (κ1) is 13.7. The molecule has 0 aliphatic carbocycles. The van der Waals surface area contributed by atoms with Crippen molar-refractivity contribution in [2.24, 2.45) is 4.99 Å². The molecule has 0 bridgehead atoms. The first-order chi connectivity index (χ1) is 10.9. The Bertz CT molecular complexity index is 730. The van der Waals surface area contributed by atoms with Gasteiger partial charge in [0, 0.05) is 17.0 Å². The number of ether oxygens (including phenoxy) is 1. The number of benzene rings is 1. The highest BCUT2D eigenvalue weighted by molar-refractivity contribution is 7.98. The Hall–Kier alpha value is -1.94. The number of fused-ring (bicyclic) bond motifs is 2. The van der Waals surface area contributed by atoms with Crippen molar-refractivity contribution in [3.05, 3.63) is 65.3 Å². The third-order valence-corrected chi connectivity index (χ3v) is 4.92. The minimum Gasteiger partial charge on any atom is -0.462 e. The van der Waals surface area contributed by atoms with Gasteiger partial charge in [0.05, 0.1) is 17.7 Å². The predicted molar refractivity (Wildman–Crippen MR) is 91.0 cm³/mol. The fourth-order valence-corrected chi connectivity index (χ4v) is 3.61. The van der Waals surface area contributed by atoms with Gasteiger partial charge in [-0.2, -0.15) is 0 Å². The number of aliphatic imine (C=N–C) groups is 1. The van der Waals surface area contributed by atoms with Gasteiger partial charge in [0.25, 0.3) is 0 Å². The molecular weight excluding hydrogens is 292 g/mol. The largest absolute Gasteiger partial charge is 0.462 e. The molecule has 3 aliphatic heterocycles. The van der Waals surface area contributed by atoms with E-state index < -0.39 is 0 Å². The van der Waals surface area contributed by atoms with Crippen LogP contribution in [0.3, 0.4) is 0 Å². The Kier molecular flexibility index (Phi) is 3.54. The molecule has 3 nitrogen and oxygen atoms in total. The fourth-order valence-electron chi connectivity index (χ4n) is 3.14. The molecule has 0 saturated carbocycles. The van der Waals surface area contributed by atoms with Crippen LogP contribution in [0.5, 0.6) is 0 Å². The topological polar surface area (TPSA) is 33.6 Å². The quantitative estimate of drug-likeness (QED) is 0.839. The Balaban J connectivity index is 1.82. The average molecular weight is 310 g/mol.